The van der Waals surface area contributed by atoms with Crippen LogP contribution in [0, 0.1) is 59.7 Å². The minimum absolute atomic E-state index is 0. The quantitative estimate of drug-likeness (QED) is 0.0293. The molecule has 10 heteroatoms. The minimum atomic E-state index is -2.93. The van der Waals surface area contributed by atoms with Crippen molar-refractivity contribution in [1.82, 2.24) is 28.7 Å². The van der Waals surface area contributed by atoms with Gasteiger partial charge in [-0.2, -0.15) is 0 Å². The molecule has 0 amide bonds. The molecule has 0 unspecified atom stereocenters. The fraction of sp³-hybridized carbons (Fsp3) is 0.103. The van der Waals surface area contributed by atoms with E-state index in [1.165, 1.54) is 112 Å². The smallest absolute Gasteiger partial charge is 0.339 e. The van der Waals surface area contributed by atoms with E-state index in [2.05, 4.69) is 492 Å². The molecule has 0 aliphatic heterocycles. The van der Waals surface area contributed by atoms with Crippen molar-refractivity contribution in [2.24, 2.45) is 0 Å². The standard InChI is InChI=1S/C117H99N6Si3.Ir/c1-85-40-34-41-86(2)112(85)121-82-97(118-115(121)94-46-37-67-109(79-94)124(100-49-16-7-17-50-100,101-51-18-8-19-52-101)102-53-20-9-21-54-102)73-70-91-76-92(71-74-98-83-122(113-87(3)42-35-43-88(113)4)116(119-98)95-47-38-68-110(80-95)125(103-55-22-10-23-56-103,104-57-24-11-25-58-104)105-59-26-12-27-60-105)78-93(77-91)72-75-99-84-123(114-89(5)44-36-45-90(114)6)117(120-99)96-48-39-69-111(81-96)126(106-61-28-13-29-62-106,107-63-30-14-31-64-107)108-65-32-15-33-66-108;/h7-45,49-69,76-84H,70-75H2,1-6H3;/q-3;+3. The van der Waals surface area contributed by atoms with E-state index in [1.54, 1.807) is 0 Å². The van der Waals surface area contributed by atoms with Gasteiger partial charge >= 0.3 is 20.1 Å². The Kier molecular flexibility index (Phi) is 24.8. The number of imidazole rings is 3. The maximum Gasteiger partial charge on any atom is 3.00 e. The first-order valence-corrected chi connectivity index (χ1v) is 50.1. The van der Waals surface area contributed by atoms with Crippen LogP contribution in [0.5, 0.6) is 0 Å². The Morgan fingerprint density at radius 3 is 0.591 bits per heavy atom. The molecule has 3 aromatic heterocycles. The zero-order valence-electron chi connectivity index (χ0n) is 72.6. The van der Waals surface area contributed by atoms with Gasteiger partial charge in [0.15, 0.2) is 24.2 Å². The van der Waals surface area contributed by atoms with E-state index in [9.17, 15) is 0 Å². The van der Waals surface area contributed by atoms with Crippen LogP contribution in [0.25, 0.3) is 51.2 Å². The Labute approximate surface area is 764 Å². The first-order valence-electron chi connectivity index (χ1n) is 44.1. The van der Waals surface area contributed by atoms with E-state index < -0.39 is 24.2 Å². The third-order valence-corrected chi connectivity index (χ3v) is 40.0. The number of hydrogen-bond acceptors (Lipinski definition) is 3. The van der Waals surface area contributed by atoms with Crippen LogP contribution in [0.1, 0.15) is 67.2 Å². The molecule has 6 nitrogen and oxygen atoms in total. The van der Waals surface area contributed by atoms with Crippen molar-refractivity contribution < 1.29 is 20.1 Å². The van der Waals surface area contributed by atoms with E-state index in [0.717, 1.165) is 87.6 Å². The van der Waals surface area contributed by atoms with Crippen LogP contribution in [0.3, 0.4) is 0 Å². The van der Waals surface area contributed by atoms with Gasteiger partial charge < -0.3 is 13.7 Å². The van der Waals surface area contributed by atoms with Crippen molar-refractivity contribution in [1.29, 1.82) is 0 Å². The van der Waals surface area contributed by atoms with Crippen LogP contribution in [-0.4, -0.2) is 52.9 Å². The summed E-state index contributed by atoms with van der Waals surface area (Å²) in [4.78, 5) is 17.4. The molecule has 0 radical (unpaired) electrons. The van der Waals surface area contributed by atoms with Crippen molar-refractivity contribution in [2.75, 3.05) is 0 Å². The Morgan fingerprint density at radius 2 is 0.402 bits per heavy atom. The Hall–Kier alpha value is -13.6. The van der Waals surface area contributed by atoms with Gasteiger partial charge in [0.2, 0.25) is 0 Å². The maximum absolute atomic E-state index is 5.79. The Balaban J connectivity index is 0.0000109. The monoisotopic (exact) mass is 1860 g/mol. The fourth-order valence-electron chi connectivity index (χ4n) is 20.1. The molecule has 19 aromatic rings. The second-order valence-electron chi connectivity index (χ2n) is 33.7. The second-order valence-corrected chi connectivity index (χ2v) is 45.1. The van der Waals surface area contributed by atoms with Crippen molar-refractivity contribution >= 4 is 86.5 Å². The number of hydrogen-bond donors (Lipinski definition) is 0. The van der Waals surface area contributed by atoms with Crippen molar-refractivity contribution in [2.45, 2.75) is 80.1 Å². The van der Waals surface area contributed by atoms with Gasteiger partial charge in [-0.15, -0.1) is 105 Å². The number of benzene rings is 16. The molecular formula is C117H99IrN6Si3. The summed E-state index contributed by atoms with van der Waals surface area (Å²) in [7, 11) is -8.79. The predicted molar refractivity (Wildman–Crippen MR) is 531 cm³/mol. The average molecular weight is 1870 g/mol. The van der Waals surface area contributed by atoms with Crippen LogP contribution < -0.4 is 62.2 Å². The summed E-state index contributed by atoms with van der Waals surface area (Å²) < 4.78 is 7.07. The van der Waals surface area contributed by atoms with Gasteiger partial charge in [0.1, 0.15) is 0 Å². The normalized spacial score (nSPS) is 11.7. The van der Waals surface area contributed by atoms with Crippen LogP contribution in [0.15, 0.2) is 419 Å². The molecule has 0 saturated carbocycles. The summed E-state index contributed by atoms with van der Waals surface area (Å²) in [6.45, 7) is 13.3. The summed E-state index contributed by atoms with van der Waals surface area (Å²) in [5.74, 6) is 2.62. The van der Waals surface area contributed by atoms with Gasteiger partial charge in [-0.1, -0.05) is 346 Å². The second kappa shape index (κ2) is 37.3. The largest absolute Gasteiger partial charge is 3.00 e. The first-order chi connectivity index (χ1) is 61.9. The fourth-order valence-corrected chi connectivity index (χ4v) is 34.4. The molecule has 0 saturated heterocycles. The van der Waals surface area contributed by atoms with Gasteiger partial charge in [0, 0.05) is 52.7 Å². The molecule has 3 heterocycles. The molecule has 19 rings (SSSR count). The molecule has 0 aliphatic rings. The summed E-state index contributed by atoms with van der Waals surface area (Å²) in [6.07, 6.45) is 11.3. The molecule has 0 spiro atoms. The average Bonchev–Trinajstić information content (AvgIpc) is 1.26. The summed E-state index contributed by atoms with van der Waals surface area (Å²) in [5, 5.41) is 15.7. The van der Waals surface area contributed by atoms with E-state index in [0.29, 0.717) is 19.3 Å². The molecule has 0 N–H and O–H groups in total. The molecule has 0 aliphatic carbocycles. The van der Waals surface area contributed by atoms with E-state index in [4.69, 9.17) is 15.0 Å². The zero-order chi connectivity index (χ0) is 85.6. The van der Waals surface area contributed by atoms with E-state index in [-0.39, 0.29) is 20.1 Å². The molecule has 618 valence electrons. The maximum atomic E-state index is 5.79. The third kappa shape index (κ3) is 16.4. The number of aryl methyl sites for hydroxylation is 12. The number of aromatic nitrogens is 6. The Morgan fingerprint density at radius 1 is 0.213 bits per heavy atom. The SMILES string of the molecule is Cc1cccc(C)c1-n1cc(CCc2cc(CCc3cn(-c4c(C)cccc4C)c(-c4[c-]ccc([Si](c5ccccc5)(c5ccccc5)c5ccccc5)c4)n3)cc(CCc3cn(-c4c(C)cccc4C)c(-c4[c-]ccc([Si](c5ccccc5)(c5ccccc5)c5ccccc5)c4)n3)c2)nc1-c1[c-]ccc([Si](c2ccccc2)(c2ccccc2)c2ccccc2)c1.[Ir+3]. The van der Waals surface area contributed by atoms with Gasteiger partial charge in [0.25, 0.3) is 0 Å². The Bertz CT molecular complexity index is 5990. The van der Waals surface area contributed by atoms with Crippen LogP contribution in [0.4, 0.5) is 0 Å². The van der Waals surface area contributed by atoms with Crippen molar-refractivity contribution in [3.63, 3.8) is 0 Å². The van der Waals surface area contributed by atoms with Crippen LogP contribution >= 0.6 is 0 Å². The molecule has 16 aromatic carbocycles. The minimum Gasteiger partial charge on any atom is -0.339 e. The van der Waals surface area contributed by atoms with Crippen molar-refractivity contribution in [3.8, 4) is 51.2 Å². The zero-order valence-corrected chi connectivity index (χ0v) is 78.0. The summed E-state index contributed by atoms with van der Waals surface area (Å²) in [6, 6.07) is 160. The summed E-state index contributed by atoms with van der Waals surface area (Å²) in [5.41, 5.74) is 20.2. The van der Waals surface area contributed by atoms with Gasteiger partial charge in [-0.05, 0) is 177 Å². The van der Waals surface area contributed by atoms with E-state index >= 15 is 0 Å². The van der Waals surface area contributed by atoms with Gasteiger partial charge in [-0.25, -0.2) is 0 Å². The molecule has 0 atom stereocenters. The molecule has 127 heavy (non-hydrogen) atoms. The van der Waals surface area contributed by atoms with Crippen LogP contribution in [0.2, 0.25) is 0 Å². The predicted octanol–water partition coefficient (Wildman–Crippen LogP) is 18.0. The first kappa shape index (κ1) is 84.3. The third-order valence-electron chi connectivity index (χ3n) is 25.7. The van der Waals surface area contributed by atoms with Gasteiger partial charge in [-0.3, -0.25) is 15.0 Å². The number of para-hydroxylation sites is 3. The molecule has 0 bridgehead atoms. The van der Waals surface area contributed by atoms with Crippen molar-refractivity contribution in [3.05, 3.63) is 504 Å². The van der Waals surface area contributed by atoms with Gasteiger partial charge in [0.05, 0.1) is 17.5 Å². The molecule has 0 fully saturated rings. The van der Waals surface area contributed by atoms with E-state index in [1.807, 2.05) is 0 Å². The summed E-state index contributed by atoms with van der Waals surface area (Å²) >= 11 is 0. The number of nitrogens with zero attached hydrogens (tertiary/aromatic N) is 6. The van der Waals surface area contributed by atoms with Crippen LogP contribution in [-0.2, 0) is 58.6 Å². The molecular weight excluding hydrogens is 1770 g/mol. The topological polar surface area (TPSA) is 53.5 Å². The number of rotatable bonds is 27.